The van der Waals surface area contributed by atoms with E-state index in [9.17, 15) is 18.0 Å². The SMILES string of the molecule is CCN1CCN(CCNC(=O)c2cccnc2OC(C)C(F)(F)F)CC1. The monoisotopic (exact) mass is 374 g/mol. The Hall–Kier alpha value is -1.87. The number of ether oxygens (including phenoxy) is 1. The molecule has 1 fully saturated rings. The Kier molecular flexibility index (Phi) is 7.22. The number of likely N-dealkylation sites (N-methyl/N-ethyl adjacent to an activating group) is 1. The van der Waals surface area contributed by atoms with E-state index in [-0.39, 0.29) is 11.4 Å². The number of piperazine rings is 1. The molecular weight excluding hydrogens is 349 g/mol. The minimum atomic E-state index is -4.52. The Labute approximate surface area is 151 Å². The van der Waals surface area contributed by atoms with E-state index in [0.29, 0.717) is 13.1 Å². The zero-order valence-corrected chi connectivity index (χ0v) is 15.1. The summed E-state index contributed by atoms with van der Waals surface area (Å²) in [6.07, 6.45) is -5.27. The Morgan fingerprint density at radius 3 is 2.58 bits per heavy atom. The van der Waals surface area contributed by atoms with E-state index in [0.717, 1.165) is 39.6 Å². The van der Waals surface area contributed by atoms with Crippen molar-refractivity contribution in [2.45, 2.75) is 26.1 Å². The molecule has 2 rings (SSSR count). The van der Waals surface area contributed by atoms with Crippen LogP contribution in [0.4, 0.5) is 13.2 Å². The highest BCUT2D eigenvalue weighted by molar-refractivity contribution is 5.96. The van der Waals surface area contributed by atoms with Crippen LogP contribution in [-0.2, 0) is 0 Å². The molecule has 0 aliphatic carbocycles. The molecular formula is C17H25F3N4O2. The van der Waals surface area contributed by atoms with Crippen LogP contribution < -0.4 is 10.1 Å². The van der Waals surface area contributed by atoms with E-state index in [1.165, 1.54) is 18.3 Å². The summed E-state index contributed by atoms with van der Waals surface area (Å²) in [6, 6.07) is 2.89. The predicted molar refractivity (Wildman–Crippen MR) is 91.3 cm³/mol. The number of hydrogen-bond donors (Lipinski definition) is 1. The van der Waals surface area contributed by atoms with E-state index < -0.39 is 18.2 Å². The average Bonchev–Trinajstić information content (AvgIpc) is 2.62. The molecule has 1 amide bonds. The van der Waals surface area contributed by atoms with Crippen molar-refractivity contribution in [1.82, 2.24) is 20.1 Å². The number of rotatable bonds is 7. The minimum Gasteiger partial charge on any atom is -0.464 e. The third-order valence-corrected chi connectivity index (χ3v) is 4.39. The van der Waals surface area contributed by atoms with Gasteiger partial charge in [-0.3, -0.25) is 9.69 Å². The highest BCUT2D eigenvalue weighted by atomic mass is 19.4. The zero-order chi connectivity index (χ0) is 19.2. The maximum atomic E-state index is 12.7. The maximum Gasteiger partial charge on any atom is 0.425 e. The fourth-order valence-electron chi connectivity index (χ4n) is 2.64. The normalized spacial score (nSPS) is 17.7. The van der Waals surface area contributed by atoms with Crippen LogP contribution in [0.2, 0.25) is 0 Å². The van der Waals surface area contributed by atoms with Gasteiger partial charge < -0.3 is 15.0 Å². The second-order valence-corrected chi connectivity index (χ2v) is 6.19. The molecule has 146 valence electrons. The first-order valence-electron chi connectivity index (χ1n) is 8.72. The quantitative estimate of drug-likeness (QED) is 0.789. The molecule has 9 heteroatoms. The van der Waals surface area contributed by atoms with E-state index >= 15 is 0 Å². The first-order valence-corrected chi connectivity index (χ1v) is 8.72. The number of pyridine rings is 1. The Balaban J connectivity index is 1.86. The molecule has 0 aromatic carbocycles. The standard InChI is InChI=1S/C17H25F3N4O2/c1-3-23-9-11-24(12-10-23)8-7-21-15(25)14-5-4-6-22-16(14)26-13(2)17(18,19)20/h4-6,13H,3,7-12H2,1-2H3,(H,21,25). The summed E-state index contributed by atoms with van der Waals surface area (Å²) < 4.78 is 42.8. The molecule has 1 aliphatic heterocycles. The van der Waals surface area contributed by atoms with E-state index in [2.05, 4.69) is 27.0 Å². The molecule has 0 bridgehead atoms. The molecule has 1 aromatic heterocycles. The summed E-state index contributed by atoms with van der Waals surface area (Å²) in [5.74, 6) is -0.805. The van der Waals surface area contributed by atoms with Gasteiger partial charge in [0.2, 0.25) is 5.88 Å². The molecule has 6 nitrogen and oxygen atoms in total. The third-order valence-electron chi connectivity index (χ3n) is 4.39. The molecule has 0 spiro atoms. The zero-order valence-electron chi connectivity index (χ0n) is 15.1. The summed E-state index contributed by atoms with van der Waals surface area (Å²) in [4.78, 5) is 20.7. The molecule has 1 aromatic rings. The largest absolute Gasteiger partial charge is 0.464 e. The number of carbonyl (C=O) groups excluding carboxylic acids is 1. The topological polar surface area (TPSA) is 57.7 Å². The van der Waals surface area contributed by atoms with Gasteiger partial charge in [-0.25, -0.2) is 4.98 Å². The number of nitrogens with one attached hydrogen (secondary N) is 1. The number of halogens is 3. The fourth-order valence-corrected chi connectivity index (χ4v) is 2.64. The van der Waals surface area contributed by atoms with Gasteiger partial charge in [-0.05, 0) is 25.6 Å². The highest BCUT2D eigenvalue weighted by Gasteiger charge is 2.39. The van der Waals surface area contributed by atoms with Crippen molar-refractivity contribution in [3.8, 4) is 5.88 Å². The van der Waals surface area contributed by atoms with Crippen LogP contribution >= 0.6 is 0 Å². The molecule has 1 atom stereocenters. The second-order valence-electron chi connectivity index (χ2n) is 6.19. The maximum absolute atomic E-state index is 12.7. The third kappa shape index (κ3) is 5.84. The van der Waals surface area contributed by atoms with Gasteiger partial charge in [0.25, 0.3) is 5.91 Å². The second kappa shape index (κ2) is 9.18. The first kappa shape index (κ1) is 20.4. The summed E-state index contributed by atoms with van der Waals surface area (Å²) in [7, 11) is 0. The molecule has 0 radical (unpaired) electrons. The van der Waals surface area contributed by atoms with E-state index in [4.69, 9.17) is 4.74 Å². The van der Waals surface area contributed by atoms with Gasteiger partial charge in [-0.15, -0.1) is 0 Å². The first-order chi connectivity index (χ1) is 12.3. The van der Waals surface area contributed by atoms with Crippen molar-refractivity contribution in [2.75, 3.05) is 45.8 Å². The smallest absolute Gasteiger partial charge is 0.425 e. The predicted octanol–water partition coefficient (Wildman–Crippen LogP) is 1.78. The number of hydrogen-bond acceptors (Lipinski definition) is 5. The number of alkyl halides is 3. The lowest BCUT2D eigenvalue weighted by Crippen LogP contribution is -2.48. The Morgan fingerprint density at radius 2 is 1.96 bits per heavy atom. The van der Waals surface area contributed by atoms with Crippen LogP contribution in [0.25, 0.3) is 0 Å². The van der Waals surface area contributed by atoms with Crippen molar-refractivity contribution in [2.24, 2.45) is 0 Å². The van der Waals surface area contributed by atoms with Crippen LogP contribution in [0, 0.1) is 0 Å². The number of aromatic nitrogens is 1. The molecule has 0 saturated carbocycles. The summed E-state index contributed by atoms with van der Waals surface area (Å²) in [5.41, 5.74) is -0.000553. The van der Waals surface area contributed by atoms with Crippen molar-refractivity contribution in [1.29, 1.82) is 0 Å². The Morgan fingerprint density at radius 1 is 1.31 bits per heavy atom. The van der Waals surface area contributed by atoms with Crippen molar-refractivity contribution < 1.29 is 22.7 Å². The Bertz CT molecular complexity index is 590. The number of carbonyl (C=O) groups is 1. The highest BCUT2D eigenvalue weighted by Crippen LogP contribution is 2.25. The van der Waals surface area contributed by atoms with Gasteiger partial charge in [0.05, 0.1) is 0 Å². The van der Waals surface area contributed by atoms with Crippen molar-refractivity contribution in [3.05, 3.63) is 23.9 Å². The van der Waals surface area contributed by atoms with Gasteiger partial charge in [-0.1, -0.05) is 6.92 Å². The van der Waals surface area contributed by atoms with Gasteiger partial charge in [-0.2, -0.15) is 13.2 Å². The molecule has 1 saturated heterocycles. The molecule has 1 unspecified atom stereocenters. The molecule has 26 heavy (non-hydrogen) atoms. The lowest BCUT2D eigenvalue weighted by Gasteiger charge is -2.33. The van der Waals surface area contributed by atoms with Crippen LogP contribution in [0.5, 0.6) is 5.88 Å². The van der Waals surface area contributed by atoms with Crippen LogP contribution in [0.15, 0.2) is 18.3 Å². The van der Waals surface area contributed by atoms with Crippen molar-refractivity contribution >= 4 is 5.91 Å². The lowest BCUT2D eigenvalue weighted by molar-refractivity contribution is -0.190. The minimum absolute atomic E-state index is 0.000553. The van der Waals surface area contributed by atoms with Gasteiger partial charge >= 0.3 is 6.18 Å². The van der Waals surface area contributed by atoms with Crippen LogP contribution in [-0.4, -0.2) is 78.8 Å². The summed E-state index contributed by atoms with van der Waals surface area (Å²) in [5, 5.41) is 2.73. The fraction of sp³-hybridized carbons (Fsp3) is 0.647. The van der Waals surface area contributed by atoms with E-state index in [1.54, 1.807) is 0 Å². The summed E-state index contributed by atoms with van der Waals surface area (Å²) >= 11 is 0. The number of amides is 1. The summed E-state index contributed by atoms with van der Waals surface area (Å²) in [6.45, 7) is 9.02. The van der Waals surface area contributed by atoms with E-state index in [1.807, 2.05) is 0 Å². The molecule has 1 N–H and O–H groups in total. The number of nitrogens with zero attached hydrogens (tertiary/aromatic N) is 3. The molecule has 2 heterocycles. The van der Waals surface area contributed by atoms with Gasteiger partial charge in [0.15, 0.2) is 6.10 Å². The van der Waals surface area contributed by atoms with Gasteiger partial charge in [0.1, 0.15) is 5.56 Å². The average molecular weight is 374 g/mol. The van der Waals surface area contributed by atoms with Crippen LogP contribution in [0.1, 0.15) is 24.2 Å². The molecule has 1 aliphatic rings. The van der Waals surface area contributed by atoms with Crippen LogP contribution in [0.3, 0.4) is 0 Å². The van der Waals surface area contributed by atoms with Gasteiger partial charge in [0, 0.05) is 45.5 Å². The lowest BCUT2D eigenvalue weighted by atomic mass is 10.2. The van der Waals surface area contributed by atoms with Crippen molar-refractivity contribution in [3.63, 3.8) is 0 Å².